The van der Waals surface area contributed by atoms with Crippen LogP contribution in [-0.4, -0.2) is 71.4 Å². The number of nitrogens with one attached hydrogen (secondary N) is 3. The highest BCUT2D eigenvalue weighted by molar-refractivity contribution is 7.99. The highest BCUT2D eigenvalue weighted by Crippen LogP contribution is 2.26. The van der Waals surface area contributed by atoms with Gasteiger partial charge < -0.3 is 29.8 Å². The van der Waals surface area contributed by atoms with E-state index in [9.17, 15) is 9.59 Å². The van der Waals surface area contributed by atoms with E-state index in [-0.39, 0.29) is 12.2 Å². The number of benzene rings is 3. The van der Waals surface area contributed by atoms with Crippen molar-refractivity contribution < 1.29 is 23.5 Å². The van der Waals surface area contributed by atoms with Crippen LogP contribution >= 0.6 is 23.1 Å². The molecule has 0 aliphatic carbocycles. The van der Waals surface area contributed by atoms with Crippen molar-refractivity contribution in [3.63, 3.8) is 0 Å². The van der Waals surface area contributed by atoms with Crippen molar-refractivity contribution in [2.75, 3.05) is 31.3 Å². The number of methoxy groups -OCH3 is 1. The number of alkyl carbamates (subject to hydrolysis) is 1. The molecule has 2 aromatic heterocycles. The Morgan fingerprint density at radius 2 is 1.71 bits per heavy atom. The Balaban J connectivity index is 1.08. The molecule has 5 aromatic rings. The monoisotopic (exact) mass is 724 g/mol. The third-order valence-corrected chi connectivity index (χ3v) is 10.00. The van der Waals surface area contributed by atoms with Gasteiger partial charge in [0.1, 0.15) is 6.04 Å². The van der Waals surface area contributed by atoms with Crippen LogP contribution in [-0.2, 0) is 27.1 Å². The van der Waals surface area contributed by atoms with E-state index in [1.165, 1.54) is 18.9 Å². The van der Waals surface area contributed by atoms with Crippen LogP contribution in [0.2, 0.25) is 0 Å². The van der Waals surface area contributed by atoms with Gasteiger partial charge in [-0.3, -0.25) is 4.79 Å². The van der Waals surface area contributed by atoms with Crippen molar-refractivity contribution in [3.8, 4) is 0 Å². The first-order valence-electron chi connectivity index (χ1n) is 16.7. The van der Waals surface area contributed by atoms with E-state index in [0.29, 0.717) is 35.4 Å². The lowest BCUT2D eigenvalue weighted by Crippen LogP contribution is -2.46. The van der Waals surface area contributed by atoms with Gasteiger partial charge in [0.2, 0.25) is 5.89 Å². The molecule has 0 spiro atoms. The van der Waals surface area contributed by atoms with Gasteiger partial charge in [-0.05, 0) is 54.2 Å². The van der Waals surface area contributed by atoms with Crippen LogP contribution in [0.1, 0.15) is 39.7 Å². The molecule has 1 saturated heterocycles. The number of morpholine rings is 1. The SMILES string of the molecule is COC(=O)NC(C=C(c1ccccc1)c1ccccc1)C(=O)Nc1ccccc1CC[C@@H]1CNCC(CSc2nnc(Cc3csc(C)n3)o2)O1. The fourth-order valence-electron chi connectivity index (χ4n) is 5.74. The summed E-state index contributed by atoms with van der Waals surface area (Å²) in [5.41, 5.74) is 5.19. The quantitative estimate of drug-likeness (QED) is 0.112. The summed E-state index contributed by atoms with van der Waals surface area (Å²) in [4.78, 5) is 30.8. The summed E-state index contributed by atoms with van der Waals surface area (Å²) >= 11 is 3.09. The third kappa shape index (κ3) is 10.4. The predicted molar refractivity (Wildman–Crippen MR) is 199 cm³/mol. The third-order valence-electron chi connectivity index (χ3n) is 8.22. The molecule has 51 heavy (non-hydrogen) atoms. The highest BCUT2D eigenvalue weighted by atomic mass is 32.2. The van der Waals surface area contributed by atoms with Crippen molar-refractivity contribution in [2.45, 2.75) is 49.7 Å². The molecule has 264 valence electrons. The molecule has 3 heterocycles. The second-order valence-electron chi connectivity index (χ2n) is 12.0. The van der Waals surface area contributed by atoms with Crippen LogP contribution in [0.4, 0.5) is 10.5 Å². The summed E-state index contributed by atoms with van der Waals surface area (Å²) in [6, 6.07) is 26.2. The lowest BCUT2D eigenvalue weighted by Gasteiger charge is -2.30. The first-order valence-corrected chi connectivity index (χ1v) is 18.6. The molecule has 0 saturated carbocycles. The number of thioether (sulfide) groups is 1. The Hall–Kier alpha value is -4.82. The Morgan fingerprint density at radius 3 is 2.41 bits per heavy atom. The molecule has 1 fully saturated rings. The van der Waals surface area contributed by atoms with Gasteiger partial charge in [0.05, 0.1) is 36.4 Å². The minimum Gasteiger partial charge on any atom is -0.453 e. The summed E-state index contributed by atoms with van der Waals surface area (Å²) in [7, 11) is 1.27. The minimum atomic E-state index is -1.02. The molecule has 13 heteroatoms. The number of hydrogen-bond acceptors (Lipinski definition) is 11. The van der Waals surface area contributed by atoms with Crippen molar-refractivity contribution in [1.29, 1.82) is 0 Å². The van der Waals surface area contributed by atoms with Gasteiger partial charge >= 0.3 is 6.09 Å². The van der Waals surface area contributed by atoms with Crippen molar-refractivity contribution in [2.24, 2.45) is 0 Å². The molecular weight excluding hydrogens is 685 g/mol. The van der Waals surface area contributed by atoms with Gasteiger partial charge in [0.15, 0.2) is 0 Å². The van der Waals surface area contributed by atoms with Crippen molar-refractivity contribution in [1.82, 2.24) is 25.8 Å². The van der Waals surface area contributed by atoms with Crippen molar-refractivity contribution >= 4 is 46.4 Å². The van der Waals surface area contributed by atoms with Crippen LogP contribution in [0.5, 0.6) is 0 Å². The molecule has 1 aliphatic rings. The second-order valence-corrected chi connectivity index (χ2v) is 14.0. The molecule has 2 amide bonds. The summed E-state index contributed by atoms with van der Waals surface area (Å²) < 4.78 is 17.2. The van der Waals surface area contributed by atoms with Crippen LogP contribution in [0.15, 0.2) is 106 Å². The van der Waals surface area contributed by atoms with Gasteiger partial charge in [-0.25, -0.2) is 9.78 Å². The number of rotatable bonds is 14. The lowest BCUT2D eigenvalue weighted by molar-refractivity contribution is -0.117. The zero-order valence-corrected chi connectivity index (χ0v) is 30.0. The lowest BCUT2D eigenvalue weighted by atomic mass is 9.95. The number of aryl methyl sites for hydroxylation is 2. The average Bonchev–Trinajstić information content (AvgIpc) is 3.80. The summed E-state index contributed by atoms with van der Waals surface area (Å²) in [6.07, 6.45) is 2.95. The topological polar surface area (TPSA) is 140 Å². The maximum atomic E-state index is 13.9. The normalized spacial score (nSPS) is 16.2. The standard InChI is InChI=1S/C38H40N6O5S2/c1-25-40-29(23-50-25)19-35-43-44-38(49-35)51-24-31-22-39-21-30(48-31)18-17-28-15-9-10-16-33(28)41-36(45)34(42-37(46)47-2)20-32(26-11-5-3-6-12-26)27-13-7-4-8-14-27/h3-16,20,23,30-31,34,39H,17-19,21-22,24H2,1-2H3,(H,41,45)(H,42,46)/t30-,31?,34?/m1/s1. The maximum Gasteiger partial charge on any atom is 0.407 e. The van der Waals surface area contributed by atoms with E-state index in [0.717, 1.165) is 52.5 Å². The molecular formula is C38H40N6O5S2. The Bertz CT molecular complexity index is 1870. The Kier molecular flexibility index (Phi) is 12.6. The number of para-hydroxylation sites is 1. The molecule has 0 radical (unpaired) electrons. The largest absolute Gasteiger partial charge is 0.453 e. The van der Waals surface area contributed by atoms with Crippen LogP contribution < -0.4 is 16.0 Å². The summed E-state index contributed by atoms with van der Waals surface area (Å²) in [6.45, 7) is 3.43. The second kappa shape index (κ2) is 17.9. The van der Waals surface area contributed by atoms with Crippen molar-refractivity contribution in [3.05, 3.63) is 130 Å². The van der Waals surface area contributed by atoms with E-state index < -0.39 is 18.0 Å². The van der Waals surface area contributed by atoms with Crippen LogP contribution in [0.25, 0.3) is 5.57 Å². The number of amides is 2. The van der Waals surface area contributed by atoms with Gasteiger partial charge in [-0.2, -0.15) is 0 Å². The molecule has 1 aliphatic heterocycles. The molecule has 3 aromatic carbocycles. The Labute approximate surface area is 305 Å². The highest BCUT2D eigenvalue weighted by Gasteiger charge is 2.25. The van der Waals surface area contributed by atoms with Crippen LogP contribution in [0, 0.1) is 6.92 Å². The fraction of sp³-hybridized carbons (Fsp3) is 0.289. The first kappa shape index (κ1) is 36.0. The average molecular weight is 725 g/mol. The van der Waals surface area contributed by atoms with Crippen LogP contribution in [0.3, 0.4) is 0 Å². The summed E-state index contributed by atoms with van der Waals surface area (Å²) in [5.74, 6) is 0.824. The van der Waals surface area contributed by atoms with E-state index in [4.69, 9.17) is 13.9 Å². The molecule has 6 rings (SSSR count). The molecule has 11 nitrogen and oxygen atoms in total. The maximum absolute atomic E-state index is 13.9. The van der Waals surface area contributed by atoms with Gasteiger partial charge in [-0.15, -0.1) is 21.5 Å². The zero-order chi connectivity index (χ0) is 35.4. The van der Waals surface area contributed by atoms with E-state index in [1.807, 2.05) is 97.2 Å². The molecule has 0 bridgehead atoms. The van der Waals surface area contributed by atoms with Gasteiger partial charge in [-0.1, -0.05) is 90.6 Å². The first-order chi connectivity index (χ1) is 24.9. The summed E-state index contributed by atoms with van der Waals surface area (Å²) in [5, 5.41) is 21.1. The van der Waals surface area contributed by atoms with E-state index >= 15 is 0 Å². The smallest absolute Gasteiger partial charge is 0.407 e. The number of ether oxygens (including phenoxy) is 2. The van der Waals surface area contributed by atoms with E-state index in [2.05, 4.69) is 31.1 Å². The number of anilines is 1. The molecule has 2 unspecified atom stereocenters. The van der Waals surface area contributed by atoms with Gasteiger partial charge in [0, 0.05) is 29.9 Å². The number of hydrogen-bond donors (Lipinski definition) is 3. The number of carbonyl (C=O) groups excluding carboxylic acids is 2. The number of aromatic nitrogens is 3. The Morgan fingerprint density at radius 1 is 1.00 bits per heavy atom. The predicted octanol–water partition coefficient (Wildman–Crippen LogP) is 6.30. The van der Waals surface area contributed by atoms with Gasteiger partial charge in [0.25, 0.3) is 11.1 Å². The number of nitrogens with zero attached hydrogens (tertiary/aromatic N) is 3. The minimum absolute atomic E-state index is 0.0183. The molecule has 3 atom stereocenters. The fourth-order valence-corrected chi connectivity index (χ4v) is 7.13. The number of carbonyl (C=O) groups is 2. The number of thiazole rings is 1. The zero-order valence-electron chi connectivity index (χ0n) is 28.4. The molecule has 3 N–H and O–H groups in total. The van der Waals surface area contributed by atoms with E-state index in [1.54, 1.807) is 17.4 Å².